The summed E-state index contributed by atoms with van der Waals surface area (Å²) in [6, 6.07) is 3.99. The summed E-state index contributed by atoms with van der Waals surface area (Å²) in [6.45, 7) is 5.25. The van der Waals surface area contributed by atoms with Crippen molar-refractivity contribution in [2.45, 2.75) is 26.3 Å². The summed E-state index contributed by atoms with van der Waals surface area (Å²) < 4.78 is 5.72. The highest BCUT2D eigenvalue weighted by atomic mass is 35.5. The Labute approximate surface area is 118 Å². The monoisotopic (exact) mass is 279 g/mol. The fourth-order valence-corrected chi connectivity index (χ4v) is 3.21. The van der Waals surface area contributed by atoms with Gasteiger partial charge in [-0.25, -0.2) is 0 Å². The van der Waals surface area contributed by atoms with Crippen molar-refractivity contribution < 1.29 is 9.53 Å². The van der Waals surface area contributed by atoms with Crippen LogP contribution in [0.5, 0.6) is 5.75 Å². The van der Waals surface area contributed by atoms with Gasteiger partial charge in [0, 0.05) is 49.0 Å². The largest absolute Gasteiger partial charge is 0.493 e. The molecule has 0 spiro atoms. The molecule has 1 atom stereocenters. The summed E-state index contributed by atoms with van der Waals surface area (Å²) >= 11 is 6.17. The van der Waals surface area contributed by atoms with E-state index in [1.807, 2.05) is 19.1 Å². The number of rotatable bonds is 2. The van der Waals surface area contributed by atoms with Crippen molar-refractivity contribution >= 4 is 17.4 Å². The minimum absolute atomic E-state index is 0.141. The Morgan fingerprint density at radius 3 is 3.05 bits per heavy atom. The predicted octanol–water partition coefficient (Wildman–Crippen LogP) is 2.69. The highest BCUT2D eigenvalue weighted by Gasteiger charge is 2.25. The lowest BCUT2D eigenvalue weighted by atomic mass is 9.98. The second-order valence-corrected chi connectivity index (χ2v) is 5.94. The minimum Gasteiger partial charge on any atom is -0.493 e. The standard InChI is InChI=1S/C15H18ClNO2/c1-10-8-17(4-2-14(10)18)9-12-7-13(16)6-11-3-5-19-15(11)12/h6-7,10H,2-5,8-9H2,1H3. The zero-order chi connectivity index (χ0) is 13.4. The second-order valence-electron chi connectivity index (χ2n) is 5.50. The summed E-state index contributed by atoms with van der Waals surface area (Å²) in [7, 11) is 0. The van der Waals surface area contributed by atoms with Gasteiger partial charge < -0.3 is 4.74 Å². The Bertz CT molecular complexity index is 515. The van der Waals surface area contributed by atoms with Crippen LogP contribution < -0.4 is 4.74 Å². The molecule has 1 fully saturated rings. The molecule has 1 aromatic carbocycles. The molecule has 0 radical (unpaired) electrons. The highest BCUT2D eigenvalue weighted by Crippen LogP contribution is 2.34. The first-order chi connectivity index (χ1) is 9.13. The number of nitrogens with zero attached hydrogens (tertiary/aromatic N) is 1. The Hall–Kier alpha value is -1.06. The molecule has 1 saturated heterocycles. The van der Waals surface area contributed by atoms with Gasteiger partial charge in [0.1, 0.15) is 11.5 Å². The van der Waals surface area contributed by atoms with Gasteiger partial charge in [0.2, 0.25) is 0 Å². The van der Waals surface area contributed by atoms with E-state index in [2.05, 4.69) is 4.90 Å². The first-order valence-corrected chi connectivity index (χ1v) is 7.20. The van der Waals surface area contributed by atoms with Crippen LogP contribution in [0.4, 0.5) is 0 Å². The molecule has 1 aromatic rings. The molecule has 0 aromatic heterocycles. The van der Waals surface area contributed by atoms with Crippen LogP contribution in [0.25, 0.3) is 0 Å². The van der Waals surface area contributed by atoms with Crippen molar-refractivity contribution in [1.29, 1.82) is 0 Å². The van der Waals surface area contributed by atoms with Crippen molar-refractivity contribution in [3.8, 4) is 5.75 Å². The lowest BCUT2D eigenvalue weighted by molar-refractivity contribution is -0.125. The molecule has 2 aliphatic heterocycles. The van der Waals surface area contributed by atoms with Gasteiger partial charge in [-0.05, 0) is 17.7 Å². The summed E-state index contributed by atoms with van der Waals surface area (Å²) in [6.07, 6.45) is 1.60. The van der Waals surface area contributed by atoms with Gasteiger partial charge in [0.25, 0.3) is 0 Å². The molecule has 0 aliphatic carbocycles. The Kier molecular flexibility index (Phi) is 3.50. The fourth-order valence-electron chi connectivity index (χ4n) is 2.94. The number of ketones is 1. The molecule has 0 N–H and O–H groups in total. The van der Waals surface area contributed by atoms with E-state index in [-0.39, 0.29) is 5.92 Å². The van der Waals surface area contributed by atoms with E-state index in [0.29, 0.717) is 12.2 Å². The van der Waals surface area contributed by atoms with Gasteiger partial charge in [-0.3, -0.25) is 9.69 Å². The second kappa shape index (κ2) is 5.14. The van der Waals surface area contributed by atoms with E-state index in [1.165, 1.54) is 5.56 Å². The fraction of sp³-hybridized carbons (Fsp3) is 0.533. The maximum absolute atomic E-state index is 11.6. The predicted molar refractivity (Wildman–Crippen MR) is 74.7 cm³/mol. The van der Waals surface area contributed by atoms with E-state index >= 15 is 0 Å². The van der Waals surface area contributed by atoms with Gasteiger partial charge in [0.05, 0.1) is 6.61 Å². The summed E-state index contributed by atoms with van der Waals surface area (Å²) in [4.78, 5) is 13.9. The number of piperidine rings is 1. The van der Waals surface area contributed by atoms with Crippen LogP contribution in [0.1, 0.15) is 24.5 Å². The molecule has 2 heterocycles. The number of ether oxygens (including phenoxy) is 1. The highest BCUT2D eigenvalue weighted by molar-refractivity contribution is 6.30. The van der Waals surface area contributed by atoms with E-state index < -0.39 is 0 Å². The lowest BCUT2D eigenvalue weighted by Gasteiger charge is -2.30. The van der Waals surface area contributed by atoms with Crippen LogP contribution in [-0.4, -0.2) is 30.4 Å². The van der Waals surface area contributed by atoms with Crippen molar-refractivity contribution in [1.82, 2.24) is 4.90 Å². The molecule has 102 valence electrons. The van der Waals surface area contributed by atoms with Gasteiger partial charge in [-0.15, -0.1) is 0 Å². The van der Waals surface area contributed by atoms with Crippen LogP contribution in [0.3, 0.4) is 0 Å². The van der Waals surface area contributed by atoms with E-state index in [4.69, 9.17) is 16.3 Å². The van der Waals surface area contributed by atoms with Gasteiger partial charge in [0.15, 0.2) is 0 Å². The van der Waals surface area contributed by atoms with Crippen molar-refractivity contribution in [2.24, 2.45) is 5.92 Å². The average Bonchev–Trinajstić information content (AvgIpc) is 2.82. The van der Waals surface area contributed by atoms with E-state index in [0.717, 1.165) is 49.0 Å². The summed E-state index contributed by atoms with van der Waals surface area (Å²) in [5.41, 5.74) is 2.37. The van der Waals surface area contributed by atoms with Crippen LogP contribution >= 0.6 is 11.6 Å². The molecule has 2 aliphatic rings. The maximum atomic E-state index is 11.6. The molecule has 0 amide bonds. The van der Waals surface area contributed by atoms with Gasteiger partial charge >= 0.3 is 0 Å². The molecule has 3 rings (SSSR count). The lowest BCUT2D eigenvalue weighted by Crippen LogP contribution is -2.39. The Morgan fingerprint density at radius 2 is 2.26 bits per heavy atom. The van der Waals surface area contributed by atoms with Crippen molar-refractivity contribution in [3.05, 3.63) is 28.3 Å². The van der Waals surface area contributed by atoms with Crippen LogP contribution in [0, 0.1) is 5.92 Å². The number of fused-ring (bicyclic) bond motifs is 1. The molecular formula is C15H18ClNO2. The van der Waals surface area contributed by atoms with Crippen molar-refractivity contribution in [3.63, 3.8) is 0 Å². The van der Waals surface area contributed by atoms with Gasteiger partial charge in [-0.1, -0.05) is 18.5 Å². The van der Waals surface area contributed by atoms with Crippen LogP contribution in [0.2, 0.25) is 5.02 Å². The van der Waals surface area contributed by atoms with Crippen LogP contribution in [0.15, 0.2) is 12.1 Å². The molecule has 1 unspecified atom stereocenters. The molecule has 4 heteroatoms. The van der Waals surface area contributed by atoms with Gasteiger partial charge in [-0.2, -0.15) is 0 Å². The number of hydrogen-bond donors (Lipinski definition) is 0. The quantitative estimate of drug-likeness (QED) is 0.834. The normalized spacial score (nSPS) is 23.3. The number of carbonyl (C=O) groups excluding carboxylic acids is 1. The average molecular weight is 280 g/mol. The molecule has 0 bridgehead atoms. The third-order valence-corrected chi connectivity index (χ3v) is 4.19. The summed E-state index contributed by atoms with van der Waals surface area (Å²) in [5, 5.41) is 0.778. The Balaban J connectivity index is 1.79. The zero-order valence-electron chi connectivity index (χ0n) is 11.1. The zero-order valence-corrected chi connectivity index (χ0v) is 11.9. The number of likely N-dealkylation sites (tertiary alicyclic amines) is 1. The third-order valence-electron chi connectivity index (χ3n) is 3.98. The first kappa shape index (κ1) is 12.9. The summed E-state index contributed by atoms with van der Waals surface area (Å²) in [5.74, 6) is 1.53. The smallest absolute Gasteiger partial charge is 0.138 e. The molecule has 3 nitrogen and oxygen atoms in total. The first-order valence-electron chi connectivity index (χ1n) is 6.82. The SMILES string of the molecule is CC1CN(Cc2cc(Cl)cc3c2OCC3)CCC1=O. The number of Topliss-reactive ketones (excluding diaryl/α,β-unsaturated/α-hetero) is 1. The third kappa shape index (κ3) is 2.63. The van der Waals surface area contributed by atoms with E-state index in [9.17, 15) is 4.79 Å². The maximum Gasteiger partial charge on any atom is 0.138 e. The van der Waals surface area contributed by atoms with Crippen molar-refractivity contribution in [2.75, 3.05) is 19.7 Å². The number of hydrogen-bond acceptors (Lipinski definition) is 3. The number of benzene rings is 1. The molecular weight excluding hydrogens is 262 g/mol. The minimum atomic E-state index is 0.141. The number of carbonyl (C=O) groups is 1. The Morgan fingerprint density at radius 1 is 1.42 bits per heavy atom. The van der Waals surface area contributed by atoms with E-state index in [1.54, 1.807) is 0 Å². The molecule has 19 heavy (non-hydrogen) atoms. The molecule has 0 saturated carbocycles. The topological polar surface area (TPSA) is 29.5 Å². The van der Waals surface area contributed by atoms with Crippen LogP contribution in [-0.2, 0) is 17.8 Å². The number of halogens is 1.